The molecule has 38 heavy (non-hydrogen) atoms. The predicted octanol–water partition coefficient (Wildman–Crippen LogP) is 4.04. The second-order valence-electron chi connectivity index (χ2n) is 9.58. The minimum atomic E-state index is -3.61. The summed E-state index contributed by atoms with van der Waals surface area (Å²) >= 11 is 6.16. The van der Waals surface area contributed by atoms with Crippen molar-refractivity contribution in [2.45, 2.75) is 39.3 Å². The highest BCUT2D eigenvalue weighted by atomic mass is 35.5. The highest BCUT2D eigenvalue weighted by Crippen LogP contribution is 2.30. The van der Waals surface area contributed by atoms with Gasteiger partial charge in [0.2, 0.25) is 10.0 Å². The first-order valence-electron chi connectivity index (χ1n) is 12.3. The Kier molecular flexibility index (Phi) is 9.25. The maximum absolute atomic E-state index is 13.7. The molecule has 1 aliphatic heterocycles. The van der Waals surface area contributed by atoms with Crippen molar-refractivity contribution in [3.8, 4) is 6.07 Å². The van der Waals surface area contributed by atoms with Crippen LogP contribution in [0.2, 0.25) is 5.02 Å². The van der Waals surface area contributed by atoms with Gasteiger partial charge in [-0.15, -0.1) is 0 Å². The number of nitriles is 1. The summed E-state index contributed by atoms with van der Waals surface area (Å²) < 4.78 is 26.2. The molecule has 3 unspecified atom stereocenters. The Morgan fingerprint density at radius 2 is 2.13 bits per heavy atom. The smallest absolute Gasteiger partial charge is 0.256 e. The van der Waals surface area contributed by atoms with E-state index in [1.54, 1.807) is 11.1 Å². The number of halogens is 1. The molecule has 1 fully saturated rings. The largest absolute Gasteiger partial charge is 0.353 e. The number of hydrogen-bond acceptors (Lipinski definition) is 6. The Hall–Kier alpha value is -3.33. The fraction of sp³-hybridized carbons (Fsp3) is 0.423. The zero-order valence-corrected chi connectivity index (χ0v) is 23.6. The first-order valence-corrected chi connectivity index (χ1v) is 14.5. The van der Waals surface area contributed by atoms with Crippen LogP contribution >= 0.6 is 11.6 Å². The molecule has 0 radical (unpaired) electrons. The maximum atomic E-state index is 13.7. The van der Waals surface area contributed by atoms with E-state index in [0.717, 1.165) is 17.4 Å². The quantitative estimate of drug-likeness (QED) is 0.312. The second-order valence-corrected chi connectivity index (χ2v) is 11.8. The van der Waals surface area contributed by atoms with Crippen molar-refractivity contribution >= 4 is 44.9 Å². The summed E-state index contributed by atoms with van der Waals surface area (Å²) in [6.45, 7) is 11.2. The molecule has 1 aromatic carbocycles. The van der Waals surface area contributed by atoms with Crippen LogP contribution in [-0.2, 0) is 10.0 Å². The molecule has 1 aliphatic rings. The summed E-state index contributed by atoms with van der Waals surface area (Å²) in [7, 11) is -3.61. The van der Waals surface area contributed by atoms with Gasteiger partial charge in [-0.1, -0.05) is 25.1 Å². The van der Waals surface area contributed by atoms with Crippen molar-refractivity contribution in [2.75, 3.05) is 30.6 Å². The number of anilines is 1. The molecule has 1 amide bonds. The molecule has 2 heterocycles. The van der Waals surface area contributed by atoms with Crippen LogP contribution in [0.4, 0.5) is 11.5 Å². The summed E-state index contributed by atoms with van der Waals surface area (Å²) in [5.41, 5.74) is 8.00. The number of likely N-dealkylation sites (tertiary alicyclic amines) is 1. The number of nitrogens with zero attached hydrogens (tertiary/aromatic N) is 4. The van der Waals surface area contributed by atoms with Crippen LogP contribution < -0.4 is 10.5 Å². The van der Waals surface area contributed by atoms with Crippen molar-refractivity contribution in [1.82, 2.24) is 14.8 Å². The zero-order valence-electron chi connectivity index (χ0n) is 22.0. The minimum absolute atomic E-state index is 0.166. The van der Waals surface area contributed by atoms with E-state index < -0.39 is 10.0 Å². The van der Waals surface area contributed by atoms with Gasteiger partial charge in [0.25, 0.3) is 5.91 Å². The number of benzene rings is 1. The van der Waals surface area contributed by atoms with E-state index >= 15 is 0 Å². The number of H-pyrrole nitrogens is 1. The lowest BCUT2D eigenvalue weighted by Gasteiger charge is -2.29. The number of nitrogens with two attached hydrogens (primary N) is 1. The standard InChI is InChI=1S/C26H34ClN7O3S/c1-6-9-34(26(35)21-11-20(27)7-8-23(21)32-38(5,36)37)17(4)18-10-24(30-13-18)31-25(16(2)3)33-14-19(12-28)22(29)15-33/h7-8,10-11,13,17,19,22,30,32H,2,6,9,14-15,29H2,1,3-5H3. The molecule has 12 heteroatoms. The van der Waals surface area contributed by atoms with Crippen LogP contribution in [0.15, 0.2) is 47.6 Å². The molecular weight excluding hydrogens is 526 g/mol. The summed E-state index contributed by atoms with van der Waals surface area (Å²) in [5.74, 6) is 0.595. The van der Waals surface area contributed by atoms with Gasteiger partial charge in [0, 0.05) is 36.9 Å². The normalized spacial score (nSPS) is 18.7. The molecule has 204 valence electrons. The van der Waals surface area contributed by atoms with E-state index in [2.05, 4.69) is 22.4 Å². The van der Waals surface area contributed by atoms with Gasteiger partial charge < -0.3 is 20.5 Å². The maximum Gasteiger partial charge on any atom is 0.256 e. The average molecular weight is 560 g/mol. The van der Waals surface area contributed by atoms with E-state index in [9.17, 15) is 18.5 Å². The van der Waals surface area contributed by atoms with Gasteiger partial charge in [-0.3, -0.25) is 9.52 Å². The number of nitrogens with one attached hydrogen (secondary N) is 2. The third kappa shape index (κ3) is 6.95. The van der Waals surface area contributed by atoms with E-state index in [0.29, 0.717) is 42.7 Å². The number of hydrogen-bond donors (Lipinski definition) is 3. The van der Waals surface area contributed by atoms with Gasteiger partial charge >= 0.3 is 0 Å². The molecule has 1 aromatic heterocycles. The summed E-state index contributed by atoms with van der Waals surface area (Å²) in [6.07, 6.45) is 3.51. The van der Waals surface area contributed by atoms with Crippen LogP contribution in [0.1, 0.15) is 49.2 Å². The van der Waals surface area contributed by atoms with Gasteiger partial charge in [-0.2, -0.15) is 5.26 Å². The second kappa shape index (κ2) is 12.0. The summed E-state index contributed by atoms with van der Waals surface area (Å²) in [4.78, 5) is 25.2. The molecule has 0 aliphatic carbocycles. The van der Waals surface area contributed by atoms with Crippen molar-refractivity contribution in [1.29, 1.82) is 5.26 Å². The lowest BCUT2D eigenvalue weighted by atomic mass is 10.1. The third-order valence-electron chi connectivity index (χ3n) is 6.31. The number of amides is 1. The highest BCUT2D eigenvalue weighted by Gasteiger charge is 2.32. The van der Waals surface area contributed by atoms with Crippen LogP contribution in [0.25, 0.3) is 0 Å². The number of aromatic nitrogens is 1. The Balaban J connectivity index is 1.91. The Morgan fingerprint density at radius 3 is 2.71 bits per heavy atom. The molecular formula is C26H34ClN7O3S. The number of sulfonamides is 1. The Bertz CT molecular complexity index is 1380. The fourth-order valence-corrected chi connectivity index (χ4v) is 5.17. The molecule has 3 atom stereocenters. The minimum Gasteiger partial charge on any atom is -0.353 e. The predicted molar refractivity (Wildman–Crippen MR) is 151 cm³/mol. The number of aromatic amines is 1. The van der Waals surface area contributed by atoms with Crippen molar-refractivity contribution in [2.24, 2.45) is 16.6 Å². The van der Waals surface area contributed by atoms with E-state index in [1.807, 2.05) is 31.7 Å². The number of carbonyl (C=O) groups is 1. The molecule has 4 N–H and O–H groups in total. The van der Waals surface area contributed by atoms with Gasteiger partial charge in [0.1, 0.15) is 11.7 Å². The lowest BCUT2D eigenvalue weighted by Crippen LogP contribution is -2.34. The van der Waals surface area contributed by atoms with Gasteiger partial charge in [-0.25, -0.2) is 13.4 Å². The van der Waals surface area contributed by atoms with E-state index in [1.165, 1.54) is 18.2 Å². The zero-order chi connectivity index (χ0) is 28.2. The number of aliphatic imine (C=N–C) groups is 1. The first-order chi connectivity index (χ1) is 17.8. The Morgan fingerprint density at radius 1 is 1.42 bits per heavy atom. The lowest BCUT2D eigenvalue weighted by molar-refractivity contribution is 0.0692. The van der Waals surface area contributed by atoms with Crippen molar-refractivity contribution in [3.05, 3.63) is 58.8 Å². The summed E-state index contributed by atoms with van der Waals surface area (Å²) in [5, 5.41) is 9.66. The molecule has 10 nitrogen and oxygen atoms in total. The third-order valence-corrected chi connectivity index (χ3v) is 7.14. The molecule has 0 bridgehead atoms. The monoisotopic (exact) mass is 559 g/mol. The average Bonchev–Trinajstić information content (AvgIpc) is 3.46. The molecule has 0 spiro atoms. The number of amidine groups is 1. The van der Waals surface area contributed by atoms with Crippen LogP contribution in [0, 0.1) is 17.2 Å². The van der Waals surface area contributed by atoms with E-state index in [-0.39, 0.29) is 35.2 Å². The fourth-order valence-electron chi connectivity index (χ4n) is 4.42. The van der Waals surface area contributed by atoms with Crippen LogP contribution in [0.5, 0.6) is 0 Å². The van der Waals surface area contributed by atoms with Crippen LogP contribution in [-0.4, -0.2) is 66.9 Å². The first kappa shape index (κ1) is 29.2. The summed E-state index contributed by atoms with van der Waals surface area (Å²) in [6, 6.07) is 7.96. The topological polar surface area (TPSA) is 148 Å². The Labute approximate surface area is 229 Å². The highest BCUT2D eigenvalue weighted by molar-refractivity contribution is 7.92. The molecule has 2 aromatic rings. The van der Waals surface area contributed by atoms with Gasteiger partial charge in [-0.05, 0) is 55.7 Å². The molecule has 3 rings (SSSR count). The van der Waals surface area contributed by atoms with Gasteiger partial charge in [0.15, 0.2) is 0 Å². The van der Waals surface area contributed by atoms with E-state index in [4.69, 9.17) is 22.3 Å². The molecule has 0 saturated carbocycles. The van der Waals surface area contributed by atoms with Crippen molar-refractivity contribution < 1.29 is 13.2 Å². The SMILES string of the molecule is C=C(C)C(=Nc1cc(C(C)N(CCC)C(=O)c2cc(Cl)ccc2NS(C)(=O)=O)c[nH]1)N1CC(N)C(C#N)C1. The molecule has 1 saturated heterocycles. The van der Waals surface area contributed by atoms with Crippen molar-refractivity contribution in [3.63, 3.8) is 0 Å². The van der Waals surface area contributed by atoms with Crippen LogP contribution in [0.3, 0.4) is 0 Å². The number of rotatable bonds is 9. The van der Waals surface area contributed by atoms with Gasteiger partial charge in [0.05, 0.1) is 35.5 Å². The number of carbonyl (C=O) groups excluding carboxylic acids is 1.